The summed E-state index contributed by atoms with van der Waals surface area (Å²) in [5.74, 6) is -1.33. The van der Waals surface area contributed by atoms with Gasteiger partial charge in [-0.2, -0.15) is 0 Å². The van der Waals surface area contributed by atoms with Crippen LogP contribution in [-0.4, -0.2) is 11.1 Å². The van der Waals surface area contributed by atoms with Gasteiger partial charge in [0.05, 0.1) is 12.1 Å². The molecule has 0 saturated heterocycles. The van der Waals surface area contributed by atoms with Crippen LogP contribution >= 0.6 is 11.6 Å². The Morgan fingerprint density at radius 3 is 2.90 bits per heavy atom. The maximum Gasteiger partial charge on any atom is 0.307 e. The van der Waals surface area contributed by atoms with Crippen LogP contribution < -0.4 is 5.32 Å². The minimum atomic E-state index is -0.932. The zero-order valence-electron chi connectivity index (χ0n) is 11.0. The van der Waals surface area contributed by atoms with Gasteiger partial charge in [0.1, 0.15) is 5.83 Å². The molecule has 20 heavy (non-hydrogen) atoms. The van der Waals surface area contributed by atoms with Gasteiger partial charge in [-0.25, -0.2) is 4.39 Å². The Labute approximate surface area is 121 Å². The average molecular weight is 296 g/mol. The average Bonchev–Trinajstić information content (AvgIpc) is 2.35. The van der Waals surface area contributed by atoms with E-state index < -0.39 is 11.8 Å². The molecule has 1 aliphatic carbocycles. The lowest BCUT2D eigenvalue weighted by atomic mass is 10.0. The molecule has 0 bridgehead atoms. The standard InChI is InChI=1S/C15H15ClFNO2/c1-9-5-6-13(10(7-9)8-14(19)20)18-15-11(16)3-2-4-12(15)17/h4-7,18H,2-3,8H2,1H3,(H,19,20). The van der Waals surface area contributed by atoms with Crippen molar-refractivity contribution in [3.63, 3.8) is 0 Å². The van der Waals surface area contributed by atoms with Gasteiger partial charge in [0.2, 0.25) is 0 Å². The molecule has 1 aromatic carbocycles. The second kappa shape index (κ2) is 6.09. The van der Waals surface area contributed by atoms with Crippen molar-refractivity contribution in [3.05, 3.63) is 52.0 Å². The number of aliphatic carboxylic acids is 1. The summed E-state index contributed by atoms with van der Waals surface area (Å²) in [5, 5.41) is 12.3. The molecule has 0 atom stereocenters. The zero-order chi connectivity index (χ0) is 14.7. The second-order valence-electron chi connectivity index (χ2n) is 4.73. The molecule has 2 rings (SSSR count). The van der Waals surface area contributed by atoms with Gasteiger partial charge in [0, 0.05) is 10.7 Å². The molecule has 0 aromatic heterocycles. The summed E-state index contributed by atoms with van der Waals surface area (Å²) < 4.78 is 13.8. The minimum Gasteiger partial charge on any atom is -0.481 e. The van der Waals surface area contributed by atoms with Crippen molar-refractivity contribution in [2.24, 2.45) is 0 Å². The van der Waals surface area contributed by atoms with Crippen molar-refractivity contribution >= 4 is 23.3 Å². The maximum atomic E-state index is 13.8. The first-order chi connectivity index (χ1) is 9.47. The molecular weight excluding hydrogens is 281 g/mol. The first kappa shape index (κ1) is 14.6. The highest BCUT2D eigenvalue weighted by Gasteiger charge is 2.17. The van der Waals surface area contributed by atoms with Gasteiger partial charge in [-0.15, -0.1) is 0 Å². The van der Waals surface area contributed by atoms with Crippen LogP contribution in [0.5, 0.6) is 0 Å². The first-order valence-electron chi connectivity index (χ1n) is 6.30. The minimum absolute atomic E-state index is 0.125. The number of nitrogens with one attached hydrogen (secondary N) is 1. The molecule has 1 aliphatic rings. The van der Waals surface area contributed by atoms with Crippen LogP contribution in [0.3, 0.4) is 0 Å². The molecular formula is C15H15ClFNO2. The molecule has 0 heterocycles. The number of rotatable bonds is 4. The zero-order valence-corrected chi connectivity index (χ0v) is 11.8. The topological polar surface area (TPSA) is 49.3 Å². The van der Waals surface area contributed by atoms with Crippen LogP contribution in [0, 0.1) is 6.92 Å². The van der Waals surface area contributed by atoms with Gasteiger partial charge in [-0.1, -0.05) is 29.3 Å². The van der Waals surface area contributed by atoms with Gasteiger partial charge in [-0.3, -0.25) is 4.79 Å². The van der Waals surface area contributed by atoms with Crippen LogP contribution in [0.2, 0.25) is 0 Å². The molecule has 106 valence electrons. The number of allylic oxidation sites excluding steroid dienone is 3. The summed E-state index contributed by atoms with van der Waals surface area (Å²) in [5.41, 5.74) is 2.35. The molecule has 5 heteroatoms. The van der Waals surface area contributed by atoms with Crippen LogP contribution in [0.4, 0.5) is 10.1 Å². The Hall–Kier alpha value is -1.81. The summed E-state index contributed by atoms with van der Waals surface area (Å²) in [7, 11) is 0. The van der Waals surface area contributed by atoms with E-state index >= 15 is 0 Å². The third kappa shape index (κ3) is 3.39. The number of carbonyl (C=O) groups is 1. The molecule has 1 aromatic rings. The summed E-state index contributed by atoms with van der Waals surface area (Å²) in [6.45, 7) is 1.88. The Morgan fingerprint density at radius 2 is 2.25 bits per heavy atom. The first-order valence-corrected chi connectivity index (χ1v) is 6.68. The smallest absolute Gasteiger partial charge is 0.307 e. The molecule has 0 spiro atoms. The Bertz CT molecular complexity index is 608. The van der Waals surface area contributed by atoms with Gasteiger partial charge in [0.15, 0.2) is 0 Å². The summed E-state index contributed by atoms with van der Waals surface area (Å²) in [6.07, 6.45) is 2.50. The van der Waals surface area contributed by atoms with Crippen molar-refractivity contribution in [2.75, 3.05) is 5.32 Å². The third-order valence-electron chi connectivity index (χ3n) is 3.06. The normalized spacial score (nSPS) is 15.1. The fraction of sp³-hybridized carbons (Fsp3) is 0.267. The van der Waals surface area contributed by atoms with E-state index in [1.807, 2.05) is 13.0 Å². The summed E-state index contributed by atoms with van der Waals surface area (Å²) >= 11 is 6.04. The quantitative estimate of drug-likeness (QED) is 0.878. The van der Waals surface area contributed by atoms with Gasteiger partial charge < -0.3 is 10.4 Å². The Kier molecular flexibility index (Phi) is 4.45. The van der Waals surface area contributed by atoms with E-state index in [0.29, 0.717) is 29.1 Å². The monoisotopic (exact) mass is 295 g/mol. The fourth-order valence-electron chi connectivity index (χ4n) is 2.10. The van der Waals surface area contributed by atoms with Gasteiger partial charge >= 0.3 is 5.97 Å². The Morgan fingerprint density at radius 1 is 1.50 bits per heavy atom. The lowest BCUT2D eigenvalue weighted by Crippen LogP contribution is -2.10. The van der Waals surface area contributed by atoms with Gasteiger partial charge in [0.25, 0.3) is 0 Å². The third-order valence-corrected chi connectivity index (χ3v) is 3.44. The van der Waals surface area contributed by atoms with Crippen LogP contribution in [0.15, 0.2) is 40.8 Å². The molecule has 0 unspecified atom stereocenters. The van der Waals surface area contributed by atoms with E-state index in [0.717, 1.165) is 5.56 Å². The van der Waals surface area contributed by atoms with Crippen LogP contribution in [-0.2, 0) is 11.2 Å². The highest BCUT2D eigenvalue weighted by atomic mass is 35.5. The van der Waals surface area contributed by atoms with Crippen molar-refractivity contribution in [1.82, 2.24) is 0 Å². The number of carboxylic acids is 1. The lowest BCUT2D eigenvalue weighted by Gasteiger charge is -2.18. The lowest BCUT2D eigenvalue weighted by molar-refractivity contribution is -0.136. The summed E-state index contributed by atoms with van der Waals surface area (Å²) in [4.78, 5) is 10.9. The van der Waals surface area contributed by atoms with Crippen molar-refractivity contribution in [1.29, 1.82) is 0 Å². The number of aryl methyl sites for hydroxylation is 1. The number of anilines is 1. The number of hydrogen-bond acceptors (Lipinski definition) is 2. The predicted molar refractivity (Wildman–Crippen MR) is 77.4 cm³/mol. The molecule has 2 N–H and O–H groups in total. The van der Waals surface area contributed by atoms with Crippen LogP contribution in [0.25, 0.3) is 0 Å². The van der Waals surface area contributed by atoms with Crippen molar-refractivity contribution in [3.8, 4) is 0 Å². The van der Waals surface area contributed by atoms with E-state index in [9.17, 15) is 9.18 Å². The molecule has 0 radical (unpaired) electrons. The Balaban J connectivity index is 2.33. The second-order valence-corrected chi connectivity index (χ2v) is 5.18. The molecule has 0 fully saturated rings. The maximum absolute atomic E-state index is 13.8. The molecule has 0 saturated carbocycles. The van der Waals surface area contributed by atoms with E-state index in [2.05, 4.69) is 5.32 Å². The van der Waals surface area contributed by atoms with Gasteiger partial charge in [-0.05, 0) is 37.5 Å². The number of benzene rings is 1. The fourth-order valence-corrected chi connectivity index (χ4v) is 2.34. The molecule has 0 amide bonds. The number of carboxylic acid groups (broad SMARTS) is 1. The highest BCUT2D eigenvalue weighted by molar-refractivity contribution is 6.30. The van der Waals surface area contributed by atoms with E-state index in [1.165, 1.54) is 6.08 Å². The largest absolute Gasteiger partial charge is 0.481 e. The van der Waals surface area contributed by atoms with E-state index in [1.54, 1.807) is 12.1 Å². The molecule has 3 nitrogen and oxygen atoms in total. The van der Waals surface area contributed by atoms with Crippen molar-refractivity contribution in [2.45, 2.75) is 26.2 Å². The summed E-state index contributed by atoms with van der Waals surface area (Å²) in [6, 6.07) is 5.36. The highest BCUT2D eigenvalue weighted by Crippen LogP contribution is 2.31. The number of hydrogen-bond donors (Lipinski definition) is 2. The number of halogens is 2. The van der Waals surface area contributed by atoms with Crippen molar-refractivity contribution < 1.29 is 14.3 Å². The predicted octanol–water partition coefficient (Wildman–Crippen LogP) is 4.13. The van der Waals surface area contributed by atoms with E-state index in [-0.39, 0.29) is 12.1 Å². The van der Waals surface area contributed by atoms with Crippen LogP contribution in [0.1, 0.15) is 24.0 Å². The SMILES string of the molecule is Cc1ccc(NC2=C(Cl)CCC=C2F)c(CC(=O)O)c1. The molecule has 0 aliphatic heterocycles. The van der Waals surface area contributed by atoms with E-state index in [4.69, 9.17) is 16.7 Å².